The predicted octanol–water partition coefficient (Wildman–Crippen LogP) is 26.4. The Morgan fingerprint density at radius 2 is 0.560 bits per heavy atom. The van der Waals surface area contributed by atoms with Gasteiger partial charge in [-0.1, -0.05) is 405 Å². The molecule has 2 atom stereocenters. The first-order chi connectivity index (χ1) is 44.5. The third-order valence-electron chi connectivity index (χ3n) is 19.0. The van der Waals surface area contributed by atoms with Gasteiger partial charge < -0.3 is 27.9 Å². The minimum Gasteiger partial charge on any atom is -0.756 e. The van der Waals surface area contributed by atoms with Crippen LogP contribution in [0.3, 0.4) is 0 Å². The zero-order valence-corrected chi connectivity index (χ0v) is 63.0. The molecule has 0 aliphatic heterocycles. The molecule has 0 spiro atoms. The fraction of sp³-hybridized carbons (Fsp3) is 0.951. The van der Waals surface area contributed by atoms with E-state index in [2.05, 4.69) is 26.0 Å². The Bertz CT molecular complexity index is 1540. The van der Waals surface area contributed by atoms with Crippen molar-refractivity contribution in [2.45, 2.75) is 450 Å². The summed E-state index contributed by atoms with van der Waals surface area (Å²) in [6.45, 7) is 4.34. The number of ether oxygens (including phenoxy) is 2. The zero-order valence-electron chi connectivity index (χ0n) is 62.1. The van der Waals surface area contributed by atoms with E-state index < -0.39 is 26.5 Å². The fourth-order valence-electron chi connectivity index (χ4n) is 12.8. The average Bonchev–Trinajstić information content (AvgIpc) is 3.73. The van der Waals surface area contributed by atoms with Crippen molar-refractivity contribution in [2.24, 2.45) is 0 Å². The standard InChI is InChI=1S/C81H160NO8P/c1-6-8-10-12-14-16-18-20-22-24-26-28-30-32-34-36-38-40-41-42-44-46-48-50-52-54-56-58-60-62-64-66-68-70-72-74-81(84)90-79(78-89-91(85,86)88-76-75-82(3,4)5)77-87-80(83)73-71-69-67-65-63-61-59-57-55-53-51-49-47-45-43-39-37-35-33-31-29-27-25-23-21-19-17-15-13-11-9-7-2/h24,26,79H,6-23,25,27-78H2,1-5H3/b26-24-. The molecule has 0 aromatic rings. The molecular weight excluding hydrogens is 1150 g/mol. The maximum Gasteiger partial charge on any atom is 0.306 e. The van der Waals surface area contributed by atoms with E-state index >= 15 is 0 Å². The number of hydrogen-bond acceptors (Lipinski definition) is 8. The summed E-state index contributed by atoms with van der Waals surface area (Å²) in [5.41, 5.74) is 0. The zero-order chi connectivity index (χ0) is 66.2. The number of phosphoric acid groups is 1. The third-order valence-corrected chi connectivity index (χ3v) is 20.0. The summed E-state index contributed by atoms with van der Waals surface area (Å²) in [5, 5.41) is 0. The lowest BCUT2D eigenvalue weighted by molar-refractivity contribution is -0.870. The van der Waals surface area contributed by atoms with Gasteiger partial charge in [-0.05, 0) is 38.5 Å². The van der Waals surface area contributed by atoms with Gasteiger partial charge in [0.2, 0.25) is 0 Å². The smallest absolute Gasteiger partial charge is 0.306 e. The Hall–Kier alpha value is -1.25. The van der Waals surface area contributed by atoms with Crippen LogP contribution in [0, 0.1) is 0 Å². The van der Waals surface area contributed by atoms with Gasteiger partial charge in [-0.15, -0.1) is 0 Å². The van der Waals surface area contributed by atoms with E-state index in [1.807, 2.05) is 21.1 Å². The van der Waals surface area contributed by atoms with Crippen molar-refractivity contribution in [1.82, 2.24) is 0 Å². The van der Waals surface area contributed by atoms with Gasteiger partial charge in [-0.25, -0.2) is 0 Å². The number of phosphoric ester groups is 1. The molecule has 0 amide bonds. The molecular formula is C81H160NO8P. The summed E-state index contributed by atoms with van der Waals surface area (Å²) in [7, 11) is 1.20. The van der Waals surface area contributed by atoms with E-state index in [9.17, 15) is 19.0 Å². The summed E-state index contributed by atoms with van der Waals surface area (Å²) in [6.07, 6.45) is 92.1. The first kappa shape index (κ1) is 89.8. The first-order valence-electron chi connectivity index (χ1n) is 40.9. The molecule has 10 heteroatoms. The molecule has 0 rings (SSSR count). The molecule has 0 aliphatic rings. The van der Waals surface area contributed by atoms with E-state index in [1.165, 1.54) is 379 Å². The number of allylic oxidation sites excluding steroid dienone is 2. The summed E-state index contributed by atoms with van der Waals surface area (Å²) in [4.78, 5) is 38.2. The molecule has 2 unspecified atom stereocenters. The van der Waals surface area contributed by atoms with Crippen LogP contribution in [-0.4, -0.2) is 70.0 Å². The van der Waals surface area contributed by atoms with E-state index in [1.54, 1.807) is 0 Å². The van der Waals surface area contributed by atoms with Gasteiger partial charge in [0, 0.05) is 12.8 Å². The number of carbonyl (C=O) groups excluding carboxylic acids is 2. The molecule has 0 fully saturated rings. The number of esters is 2. The maximum atomic E-state index is 12.9. The van der Waals surface area contributed by atoms with Crippen molar-refractivity contribution < 1.29 is 42.1 Å². The van der Waals surface area contributed by atoms with Gasteiger partial charge >= 0.3 is 11.9 Å². The molecule has 0 N–H and O–H groups in total. The highest BCUT2D eigenvalue weighted by Gasteiger charge is 2.22. The highest BCUT2D eigenvalue weighted by atomic mass is 31.2. The molecule has 542 valence electrons. The van der Waals surface area contributed by atoms with Gasteiger partial charge in [-0.2, -0.15) is 0 Å². The molecule has 9 nitrogen and oxygen atoms in total. The number of hydrogen-bond donors (Lipinski definition) is 0. The SMILES string of the molecule is CCCCCCCCCC/C=C\CCCCCCCCCCCCCCCCCCCCCCCCCC(=O)OC(COC(=O)CCCCCCCCCCCCCCCCCCCCCCCCCCCCCCCCCC)COP(=O)([O-])OCC[N+](C)(C)C. The van der Waals surface area contributed by atoms with Gasteiger partial charge in [0.15, 0.2) is 6.10 Å². The minimum atomic E-state index is -4.64. The number of rotatable bonds is 78. The van der Waals surface area contributed by atoms with Crippen LogP contribution in [0.4, 0.5) is 0 Å². The lowest BCUT2D eigenvalue weighted by Gasteiger charge is -2.28. The lowest BCUT2D eigenvalue weighted by atomic mass is 10.0. The van der Waals surface area contributed by atoms with Crippen molar-refractivity contribution in [3.05, 3.63) is 12.2 Å². The first-order valence-corrected chi connectivity index (χ1v) is 42.4. The predicted molar refractivity (Wildman–Crippen MR) is 393 cm³/mol. The van der Waals surface area contributed by atoms with Crippen LogP contribution in [0.5, 0.6) is 0 Å². The second-order valence-corrected chi connectivity index (χ2v) is 30.9. The highest BCUT2D eigenvalue weighted by Crippen LogP contribution is 2.38. The lowest BCUT2D eigenvalue weighted by Crippen LogP contribution is -2.37. The topological polar surface area (TPSA) is 111 Å². The highest BCUT2D eigenvalue weighted by molar-refractivity contribution is 7.45. The molecule has 91 heavy (non-hydrogen) atoms. The molecule has 0 bridgehead atoms. The van der Waals surface area contributed by atoms with Gasteiger partial charge in [0.25, 0.3) is 7.82 Å². The van der Waals surface area contributed by atoms with Crippen LogP contribution in [0.25, 0.3) is 0 Å². The monoisotopic (exact) mass is 1310 g/mol. The number of quaternary nitrogens is 1. The molecule has 0 saturated carbocycles. The van der Waals surface area contributed by atoms with Crippen LogP contribution in [-0.2, 0) is 32.7 Å². The normalized spacial score (nSPS) is 13.0. The van der Waals surface area contributed by atoms with Crippen LogP contribution < -0.4 is 4.89 Å². The van der Waals surface area contributed by atoms with Crippen LogP contribution in [0.15, 0.2) is 12.2 Å². The van der Waals surface area contributed by atoms with Crippen molar-refractivity contribution in [1.29, 1.82) is 0 Å². The fourth-order valence-corrected chi connectivity index (χ4v) is 13.5. The summed E-state index contributed by atoms with van der Waals surface area (Å²) in [5.74, 6) is -0.802. The molecule has 0 heterocycles. The van der Waals surface area contributed by atoms with Gasteiger partial charge in [0.1, 0.15) is 19.8 Å². The Balaban J connectivity index is 3.88. The quantitative estimate of drug-likeness (QED) is 0.0195. The largest absolute Gasteiger partial charge is 0.756 e. The molecule has 0 aliphatic carbocycles. The van der Waals surface area contributed by atoms with Crippen molar-refractivity contribution in [2.75, 3.05) is 47.5 Å². The summed E-state index contributed by atoms with van der Waals surface area (Å²) < 4.78 is 34.4. The Morgan fingerprint density at radius 1 is 0.330 bits per heavy atom. The van der Waals surface area contributed by atoms with Crippen LogP contribution >= 0.6 is 7.82 Å². The van der Waals surface area contributed by atoms with Crippen molar-refractivity contribution in [3.8, 4) is 0 Å². The number of unbranched alkanes of at least 4 members (excludes halogenated alkanes) is 62. The molecule has 0 saturated heterocycles. The van der Waals surface area contributed by atoms with Gasteiger partial charge in [0.05, 0.1) is 27.7 Å². The molecule has 0 aromatic carbocycles. The summed E-state index contributed by atoms with van der Waals surface area (Å²) in [6, 6.07) is 0. The van der Waals surface area contributed by atoms with Crippen LogP contribution in [0.2, 0.25) is 0 Å². The van der Waals surface area contributed by atoms with Crippen molar-refractivity contribution in [3.63, 3.8) is 0 Å². The molecule has 0 radical (unpaired) electrons. The molecule has 0 aromatic heterocycles. The maximum absolute atomic E-state index is 12.9. The summed E-state index contributed by atoms with van der Waals surface area (Å²) >= 11 is 0. The second kappa shape index (κ2) is 73.0. The van der Waals surface area contributed by atoms with Gasteiger partial charge in [-0.3, -0.25) is 14.2 Å². The Kier molecular flexibility index (Phi) is 72.0. The van der Waals surface area contributed by atoms with Crippen molar-refractivity contribution >= 4 is 19.8 Å². The number of nitrogens with zero attached hydrogens (tertiary/aromatic N) is 1. The van der Waals surface area contributed by atoms with E-state index in [0.29, 0.717) is 17.4 Å². The number of carbonyl (C=O) groups is 2. The third kappa shape index (κ3) is 77.6. The Labute approximate surface area is 568 Å². The average molecular weight is 1310 g/mol. The number of likely N-dealkylation sites (N-methyl/N-ethyl adjacent to an activating group) is 1. The van der Waals surface area contributed by atoms with E-state index in [4.69, 9.17) is 18.5 Å². The Morgan fingerprint density at radius 3 is 0.813 bits per heavy atom. The minimum absolute atomic E-state index is 0.0254. The van der Waals surface area contributed by atoms with E-state index in [-0.39, 0.29) is 32.0 Å². The van der Waals surface area contributed by atoms with Crippen LogP contribution in [0.1, 0.15) is 444 Å². The van der Waals surface area contributed by atoms with E-state index in [0.717, 1.165) is 32.1 Å². The second-order valence-electron chi connectivity index (χ2n) is 29.5.